The van der Waals surface area contributed by atoms with E-state index in [1.165, 1.54) is 0 Å². The summed E-state index contributed by atoms with van der Waals surface area (Å²) in [4.78, 5) is 14.2. The minimum absolute atomic E-state index is 0.0644. The van der Waals surface area contributed by atoms with E-state index in [0.29, 0.717) is 12.3 Å². The molecule has 0 aromatic heterocycles. The van der Waals surface area contributed by atoms with Crippen molar-refractivity contribution < 1.29 is 19.4 Å². The number of nitrogens with zero attached hydrogens (tertiary/aromatic N) is 1. The molecule has 1 fully saturated rings. The second-order valence-electron chi connectivity index (χ2n) is 5.77. The molecule has 2 aromatic rings. The van der Waals surface area contributed by atoms with Crippen molar-refractivity contribution in [2.75, 3.05) is 26.5 Å². The Morgan fingerprint density at radius 1 is 1.16 bits per heavy atom. The number of hydrogen-bond donors (Lipinski definition) is 1. The van der Waals surface area contributed by atoms with E-state index in [1.807, 2.05) is 35.2 Å². The number of phenolic OH excluding ortho intramolecular Hbond substituents is 1. The van der Waals surface area contributed by atoms with Crippen molar-refractivity contribution >= 4 is 17.7 Å². The molecule has 3 rings (SSSR count). The summed E-state index contributed by atoms with van der Waals surface area (Å²) in [5.41, 5.74) is 2.06. The van der Waals surface area contributed by atoms with Crippen molar-refractivity contribution in [1.82, 2.24) is 4.90 Å². The summed E-state index contributed by atoms with van der Waals surface area (Å²) < 4.78 is 10.8. The maximum absolute atomic E-state index is 12.4. The highest BCUT2D eigenvalue weighted by molar-refractivity contribution is 8.00. The van der Waals surface area contributed by atoms with Crippen LogP contribution in [0.3, 0.4) is 0 Å². The zero-order valence-corrected chi connectivity index (χ0v) is 15.1. The average Bonchev–Trinajstić information content (AvgIpc) is 3.01. The second kappa shape index (κ2) is 7.70. The molecular formula is C19H21NO4S. The number of hydrogen-bond acceptors (Lipinski definition) is 5. The number of benzene rings is 2. The summed E-state index contributed by atoms with van der Waals surface area (Å²) in [5, 5.41) is 9.31. The van der Waals surface area contributed by atoms with E-state index >= 15 is 0 Å². The van der Waals surface area contributed by atoms with Crippen LogP contribution in [0.1, 0.15) is 16.5 Å². The fraction of sp³-hybridized carbons (Fsp3) is 0.316. The summed E-state index contributed by atoms with van der Waals surface area (Å²) >= 11 is 1.61. The Kier molecular flexibility index (Phi) is 5.38. The fourth-order valence-electron chi connectivity index (χ4n) is 2.89. The number of carbonyl (C=O) groups is 1. The Hall–Kier alpha value is -2.34. The highest BCUT2D eigenvalue weighted by atomic mass is 32.2. The quantitative estimate of drug-likeness (QED) is 0.858. The van der Waals surface area contributed by atoms with Gasteiger partial charge in [0.25, 0.3) is 0 Å². The third-order valence-corrected chi connectivity index (χ3v) is 5.49. The van der Waals surface area contributed by atoms with Crippen molar-refractivity contribution in [3.63, 3.8) is 0 Å². The van der Waals surface area contributed by atoms with Gasteiger partial charge in [0.1, 0.15) is 22.6 Å². The lowest BCUT2D eigenvalue weighted by molar-refractivity contribution is -0.128. The minimum Gasteiger partial charge on any atom is -0.508 e. The number of carbonyl (C=O) groups excluding carboxylic acids is 1. The van der Waals surface area contributed by atoms with Gasteiger partial charge in [-0.15, -0.1) is 11.8 Å². The molecule has 1 heterocycles. The lowest BCUT2D eigenvalue weighted by Crippen LogP contribution is -2.30. The molecule has 6 heteroatoms. The van der Waals surface area contributed by atoms with Crippen molar-refractivity contribution in [2.45, 2.75) is 11.8 Å². The van der Waals surface area contributed by atoms with Crippen LogP contribution in [0, 0.1) is 0 Å². The smallest absolute Gasteiger partial charge is 0.233 e. The molecule has 5 nitrogen and oxygen atoms in total. The first-order valence-corrected chi connectivity index (χ1v) is 9.08. The molecule has 1 aliphatic rings. The first kappa shape index (κ1) is 17.5. The molecular weight excluding hydrogens is 338 g/mol. The Morgan fingerprint density at radius 3 is 2.60 bits per heavy atom. The maximum atomic E-state index is 12.4. The first-order valence-electron chi connectivity index (χ1n) is 8.03. The van der Waals surface area contributed by atoms with Crippen molar-refractivity contribution in [1.29, 1.82) is 0 Å². The van der Waals surface area contributed by atoms with Crippen LogP contribution in [0.5, 0.6) is 17.2 Å². The lowest BCUT2D eigenvalue weighted by Gasteiger charge is -2.25. The van der Waals surface area contributed by atoms with Crippen LogP contribution < -0.4 is 9.47 Å². The predicted molar refractivity (Wildman–Crippen MR) is 98.3 cm³/mol. The SMILES string of the molecule is COc1ccc(C2SCC(=O)N2CCc2ccc(O)cc2)c(OC)c1. The minimum atomic E-state index is -0.0644. The molecule has 2 aromatic carbocycles. The highest BCUT2D eigenvalue weighted by Crippen LogP contribution is 2.43. The van der Waals surface area contributed by atoms with Crippen LogP contribution in [0.15, 0.2) is 42.5 Å². The number of amides is 1. The third-order valence-electron chi connectivity index (χ3n) is 4.25. The van der Waals surface area contributed by atoms with Gasteiger partial charge in [-0.05, 0) is 36.2 Å². The van der Waals surface area contributed by atoms with Gasteiger partial charge < -0.3 is 19.5 Å². The standard InChI is InChI=1S/C19H21NO4S/c1-23-15-7-8-16(17(11-15)24-2)19-20(18(22)12-25-19)10-9-13-3-5-14(21)6-4-13/h3-8,11,19,21H,9-10,12H2,1-2H3. The van der Waals surface area contributed by atoms with E-state index in [2.05, 4.69) is 0 Å². The fourth-order valence-corrected chi connectivity index (χ4v) is 4.13. The molecule has 1 saturated heterocycles. The molecule has 1 atom stereocenters. The molecule has 0 saturated carbocycles. The molecule has 0 spiro atoms. The Bertz CT molecular complexity index is 748. The summed E-state index contributed by atoms with van der Waals surface area (Å²) in [6.07, 6.45) is 0.738. The monoisotopic (exact) mass is 359 g/mol. The molecule has 0 aliphatic carbocycles. The van der Waals surface area contributed by atoms with Crippen LogP contribution in [0.4, 0.5) is 0 Å². The zero-order valence-electron chi connectivity index (χ0n) is 14.3. The van der Waals surface area contributed by atoms with Gasteiger partial charge in [-0.2, -0.15) is 0 Å². The number of thioether (sulfide) groups is 1. The van der Waals surface area contributed by atoms with Gasteiger partial charge in [0, 0.05) is 18.2 Å². The number of rotatable bonds is 6. The molecule has 0 bridgehead atoms. The Balaban J connectivity index is 1.78. The summed E-state index contributed by atoms with van der Waals surface area (Å²) in [6.45, 7) is 0.621. The van der Waals surface area contributed by atoms with E-state index in [-0.39, 0.29) is 17.0 Å². The highest BCUT2D eigenvalue weighted by Gasteiger charge is 2.34. The van der Waals surface area contributed by atoms with Crippen LogP contribution in [0.25, 0.3) is 0 Å². The molecule has 1 unspecified atom stereocenters. The largest absolute Gasteiger partial charge is 0.508 e. The van der Waals surface area contributed by atoms with Gasteiger partial charge >= 0.3 is 0 Å². The summed E-state index contributed by atoms with van der Waals surface area (Å²) in [6, 6.07) is 12.8. The Labute approximate surface area is 151 Å². The number of phenols is 1. The number of methoxy groups -OCH3 is 2. The predicted octanol–water partition coefficient (Wildman–Crippen LogP) is 3.23. The van der Waals surface area contributed by atoms with E-state index in [1.54, 1.807) is 38.1 Å². The second-order valence-corrected chi connectivity index (χ2v) is 6.84. The van der Waals surface area contributed by atoms with Crippen molar-refractivity contribution in [3.05, 3.63) is 53.6 Å². The molecule has 0 radical (unpaired) electrons. The topological polar surface area (TPSA) is 59.0 Å². The van der Waals surface area contributed by atoms with Gasteiger partial charge in [0.05, 0.1) is 20.0 Å². The lowest BCUT2D eigenvalue weighted by atomic mass is 10.1. The zero-order chi connectivity index (χ0) is 17.8. The van der Waals surface area contributed by atoms with E-state index in [9.17, 15) is 9.90 Å². The van der Waals surface area contributed by atoms with Crippen molar-refractivity contribution in [3.8, 4) is 17.2 Å². The van der Waals surface area contributed by atoms with Gasteiger partial charge in [-0.25, -0.2) is 0 Å². The molecule has 132 valence electrons. The number of ether oxygens (including phenoxy) is 2. The van der Waals surface area contributed by atoms with Crippen LogP contribution in [-0.4, -0.2) is 42.4 Å². The molecule has 1 amide bonds. The number of aromatic hydroxyl groups is 1. The third kappa shape index (κ3) is 3.85. The Morgan fingerprint density at radius 2 is 1.92 bits per heavy atom. The van der Waals surface area contributed by atoms with E-state index in [0.717, 1.165) is 29.0 Å². The molecule has 25 heavy (non-hydrogen) atoms. The maximum Gasteiger partial charge on any atom is 0.233 e. The van der Waals surface area contributed by atoms with E-state index in [4.69, 9.17) is 9.47 Å². The van der Waals surface area contributed by atoms with E-state index < -0.39 is 0 Å². The van der Waals surface area contributed by atoms with Gasteiger partial charge in [-0.1, -0.05) is 12.1 Å². The molecule has 1 N–H and O–H groups in total. The normalized spacial score (nSPS) is 17.0. The summed E-state index contributed by atoms with van der Waals surface area (Å²) in [7, 11) is 3.24. The first-order chi connectivity index (χ1) is 12.1. The van der Waals surface area contributed by atoms with Crippen LogP contribution in [0.2, 0.25) is 0 Å². The van der Waals surface area contributed by atoms with Gasteiger partial charge in [0.2, 0.25) is 5.91 Å². The van der Waals surface area contributed by atoms with Gasteiger partial charge in [0.15, 0.2) is 0 Å². The van der Waals surface area contributed by atoms with Gasteiger partial charge in [-0.3, -0.25) is 4.79 Å². The average molecular weight is 359 g/mol. The van der Waals surface area contributed by atoms with Crippen molar-refractivity contribution in [2.24, 2.45) is 0 Å². The summed E-state index contributed by atoms with van der Waals surface area (Å²) in [5.74, 6) is 2.30. The molecule has 1 aliphatic heterocycles. The van der Waals surface area contributed by atoms with Crippen LogP contribution >= 0.6 is 11.8 Å². The van der Waals surface area contributed by atoms with Crippen LogP contribution in [-0.2, 0) is 11.2 Å².